The maximum atomic E-state index is 0. The Morgan fingerprint density at radius 1 is 0.286 bits per heavy atom. The van der Waals surface area contributed by atoms with Crippen molar-refractivity contribution >= 4 is 29.6 Å². The molecule has 0 aliphatic heterocycles. The Bertz CT molecular complexity index is 4.14. The molecule has 0 aliphatic rings. The first-order valence-electron chi connectivity index (χ1n) is 0. The van der Waals surface area contributed by atoms with E-state index in [1.807, 2.05) is 0 Å². The van der Waals surface area contributed by atoms with Crippen molar-refractivity contribution in [3.05, 3.63) is 0 Å². The average Bonchev–Trinajstić information content (AvgIpc) is 0. The van der Waals surface area contributed by atoms with Gasteiger partial charge in [-0.05, 0) is 0 Å². The summed E-state index contributed by atoms with van der Waals surface area (Å²) in [6.07, 6.45) is 0. The van der Waals surface area contributed by atoms with Gasteiger partial charge >= 0.3 is 0 Å². The summed E-state index contributed by atoms with van der Waals surface area (Å²) in [5, 5.41) is 0. The topological polar surface area (TPSA) is 0 Å². The third kappa shape index (κ3) is 175. The van der Waals surface area contributed by atoms with Crippen LogP contribution in [-0.2, 0) is 0 Å². The predicted octanol–water partition coefficient (Wildman–Crippen LogP) is 3.44. The van der Waals surface area contributed by atoms with E-state index >= 15 is 0 Å². The number of hydrogen-bond acceptors (Lipinski definition) is 0. The van der Waals surface area contributed by atoms with Gasteiger partial charge in [-0.2, -0.15) is 0 Å². The Balaban J connectivity index is 0. The van der Waals surface area contributed by atoms with Crippen molar-refractivity contribution in [2.24, 2.45) is 0 Å². The first-order chi connectivity index (χ1) is 0. The molecule has 1 radical (unpaired) electrons. The molecule has 0 fully saturated rings. The first kappa shape index (κ1) is 392. The van der Waals surface area contributed by atoms with Crippen LogP contribution in [0.3, 0.4) is 0 Å². The van der Waals surface area contributed by atoms with E-state index < -0.39 is 0 Å². The molecular weight excluding hydrogens is 95.1 g/mol. The van der Waals surface area contributed by atoms with E-state index in [4.69, 9.17) is 0 Å². The van der Waals surface area contributed by atoms with Crippen molar-refractivity contribution in [1.29, 1.82) is 0 Å². The molecule has 0 atom stereocenters. The van der Waals surface area contributed by atoms with Gasteiger partial charge in [-0.3, -0.25) is 0 Å². The van der Waals surface area contributed by atoms with E-state index in [1.165, 1.54) is 0 Å². The molecule has 0 spiro atoms. The Kier molecular flexibility index (Phi) is 14100. The standard InChI is InChI=1S/6CH4.Na/h6*1H4;. The van der Waals surface area contributed by atoms with E-state index in [-0.39, 0.29) is 74.1 Å². The van der Waals surface area contributed by atoms with Crippen LogP contribution in [-0.4, -0.2) is 29.6 Å². The summed E-state index contributed by atoms with van der Waals surface area (Å²) < 4.78 is 0. The molecule has 0 aliphatic carbocycles. The van der Waals surface area contributed by atoms with Crippen LogP contribution in [0.25, 0.3) is 0 Å². The number of hydrogen-bond donors (Lipinski definition) is 0. The zero-order chi connectivity index (χ0) is 0. The summed E-state index contributed by atoms with van der Waals surface area (Å²) >= 11 is 0. The second-order valence-electron chi connectivity index (χ2n) is 0. The molecule has 0 rings (SSSR count). The molecule has 0 N–H and O–H groups in total. The molecule has 0 aromatic heterocycles. The van der Waals surface area contributed by atoms with Crippen molar-refractivity contribution in [3.63, 3.8) is 0 Å². The second kappa shape index (κ2) is 252. The Hall–Kier alpha value is 1.00. The molecule has 0 amide bonds. The van der Waals surface area contributed by atoms with Crippen LogP contribution < -0.4 is 0 Å². The maximum absolute atomic E-state index is 0. The van der Waals surface area contributed by atoms with Gasteiger partial charge in [-0.15, -0.1) is 0 Å². The van der Waals surface area contributed by atoms with Gasteiger partial charge in [0.2, 0.25) is 0 Å². The average molecular weight is 119 g/mol. The minimum atomic E-state index is 0. The van der Waals surface area contributed by atoms with Gasteiger partial charge in [0.15, 0.2) is 0 Å². The molecule has 49 valence electrons. The molecule has 0 heterocycles. The zero-order valence-corrected chi connectivity index (χ0v) is 3.00. The third-order valence-corrected chi connectivity index (χ3v) is 0. The van der Waals surface area contributed by atoms with E-state index in [9.17, 15) is 0 Å². The van der Waals surface area contributed by atoms with Gasteiger partial charge in [0, 0.05) is 29.6 Å². The first-order valence-corrected chi connectivity index (χ1v) is 0. The summed E-state index contributed by atoms with van der Waals surface area (Å²) in [5.74, 6) is 0. The summed E-state index contributed by atoms with van der Waals surface area (Å²) in [4.78, 5) is 0. The Morgan fingerprint density at radius 3 is 0.286 bits per heavy atom. The molecule has 0 unspecified atom stereocenters. The Morgan fingerprint density at radius 2 is 0.286 bits per heavy atom. The normalized spacial score (nSPS) is 0. The monoisotopic (exact) mass is 119 g/mol. The summed E-state index contributed by atoms with van der Waals surface area (Å²) in [5.41, 5.74) is 0. The van der Waals surface area contributed by atoms with Crippen LogP contribution in [0.1, 0.15) is 44.6 Å². The largest absolute Gasteiger partial charge is 0.0776 e. The Labute approximate surface area is 74.0 Å². The van der Waals surface area contributed by atoms with E-state index in [1.54, 1.807) is 0 Å². The van der Waals surface area contributed by atoms with Crippen molar-refractivity contribution in [2.75, 3.05) is 0 Å². The van der Waals surface area contributed by atoms with Crippen LogP contribution in [0.15, 0.2) is 0 Å². The molecule has 0 bridgehead atoms. The summed E-state index contributed by atoms with van der Waals surface area (Å²) in [6.45, 7) is 0. The van der Waals surface area contributed by atoms with Crippen molar-refractivity contribution in [3.8, 4) is 0 Å². The summed E-state index contributed by atoms with van der Waals surface area (Å²) in [7, 11) is 0. The van der Waals surface area contributed by atoms with Crippen molar-refractivity contribution in [2.45, 2.75) is 44.6 Å². The van der Waals surface area contributed by atoms with Crippen LogP contribution in [0.5, 0.6) is 0 Å². The van der Waals surface area contributed by atoms with Gasteiger partial charge in [0.1, 0.15) is 0 Å². The van der Waals surface area contributed by atoms with Crippen LogP contribution >= 0.6 is 0 Å². The molecule has 7 heavy (non-hydrogen) atoms. The fourth-order valence-electron chi connectivity index (χ4n) is 0. The molecule has 0 nitrogen and oxygen atoms in total. The minimum absolute atomic E-state index is 0. The van der Waals surface area contributed by atoms with Gasteiger partial charge in [-0.1, -0.05) is 44.6 Å². The fraction of sp³-hybridized carbons (Fsp3) is 1.00. The molecule has 1 heteroatoms. The van der Waals surface area contributed by atoms with Crippen LogP contribution in [0, 0.1) is 0 Å². The van der Waals surface area contributed by atoms with Crippen molar-refractivity contribution in [1.82, 2.24) is 0 Å². The SMILES string of the molecule is C.C.C.C.C.C.[Na]. The predicted molar refractivity (Wildman–Crippen MR) is 46.1 cm³/mol. The maximum Gasteiger partial charge on any atom is 0 e. The van der Waals surface area contributed by atoms with Crippen LogP contribution in [0.2, 0.25) is 0 Å². The number of rotatable bonds is 0. The third-order valence-electron chi connectivity index (χ3n) is 0. The van der Waals surface area contributed by atoms with Gasteiger partial charge in [0.05, 0.1) is 0 Å². The van der Waals surface area contributed by atoms with E-state index in [0.29, 0.717) is 0 Å². The van der Waals surface area contributed by atoms with E-state index in [0.717, 1.165) is 0 Å². The fourth-order valence-corrected chi connectivity index (χ4v) is 0. The molecule has 0 saturated heterocycles. The van der Waals surface area contributed by atoms with Crippen molar-refractivity contribution < 1.29 is 0 Å². The minimum Gasteiger partial charge on any atom is -0.0776 e. The zero-order valence-electron chi connectivity index (χ0n) is 1.00. The van der Waals surface area contributed by atoms with Gasteiger partial charge in [0.25, 0.3) is 0 Å². The van der Waals surface area contributed by atoms with Gasteiger partial charge < -0.3 is 0 Å². The van der Waals surface area contributed by atoms with Crippen LogP contribution in [0.4, 0.5) is 0 Å². The molecule has 0 saturated carbocycles. The smallest absolute Gasteiger partial charge is 0 e. The van der Waals surface area contributed by atoms with Gasteiger partial charge in [-0.25, -0.2) is 0 Å². The second-order valence-corrected chi connectivity index (χ2v) is 0. The molecular formula is C6H24Na. The quantitative estimate of drug-likeness (QED) is 0.428. The summed E-state index contributed by atoms with van der Waals surface area (Å²) in [6, 6.07) is 0. The molecule has 0 aromatic rings. The molecule has 0 aromatic carbocycles. The van der Waals surface area contributed by atoms with E-state index in [2.05, 4.69) is 0 Å².